The van der Waals surface area contributed by atoms with Crippen molar-refractivity contribution in [2.75, 3.05) is 0 Å². The van der Waals surface area contributed by atoms with Gasteiger partial charge < -0.3 is 0 Å². The lowest BCUT2D eigenvalue weighted by atomic mass is 10.1. The molecule has 0 atom stereocenters. The van der Waals surface area contributed by atoms with Gasteiger partial charge in [-0.1, -0.05) is 90.2 Å². The van der Waals surface area contributed by atoms with Crippen molar-refractivity contribution in [3.8, 4) is 0 Å². The van der Waals surface area contributed by atoms with Gasteiger partial charge >= 0.3 is 0 Å². The van der Waals surface area contributed by atoms with Gasteiger partial charge in [-0.05, 0) is 25.7 Å². The molecule has 0 aliphatic rings. The van der Waals surface area contributed by atoms with Gasteiger partial charge in [0.2, 0.25) is 0 Å². The average Bonchev–Trinajstić information content (AvgIpc) is 2.39. The van der Waals surface area contributed by atoms with E-state index in [1.54, 1.807) is 0 Å². The molecular weight excluding hydrogens is 216 g/mol. The lowest BCUT2D eigenvalue weighted by Crippen LogP contribution is -1.80. The van der Waals surface area contributed by atoms with Crippen LogP contribution in [0.1, 0.15) is 96.8 Å². The Morgan fingerprint density at radius 3 is 1.56 bits per heavy atom. The molecule has 0 N–H and O–H groups in total. The van der Waals surface area contributed by atoms with E-state index >= 15 is 0 Å². The van der Waals surface area contributed by atoms with Crippen LogP contribution in [0.15, 0.2) is 12.2 Å². The highest BCUT2D eigenvalue weighted by Crippen LogP contribution is 2.10. The summed E-state index contributed by atoms with van der Waals surface area (Å²) in [7, 11) is 0. The lowest BCUT2D eigenvalue weighted by Gasteiger charge is -2.00. The van der Waals surface area contributed by atoms with Crippen LogP contribution in [0.25, 0.3) is 0 Å². The average molecular weight is 251 g/mol. The zero-order valence-electron chi connectivity index (χ0n) is 12.8. The molecule has 1 radical (unpaired) electrons. The lowest BCUT2D eigenvalue weighted by molar-refractivity contribution is 0.570. The van der Waals surface area contributed by atoms with E-state index in [4.69, 9.17) is 0 Å². The third kappa shape index (κ3) is 15.7. The van der Waals surface area contributed by atoms with E-state index in [1.165, 1.54) is 83.5 Å². The van der Waals surface area contributed by atoms with Crippen molar-refractivity contribution in [1.29, 1.82) is 0 Å². The van der Waals surface area contributed by atoms with Crippen molar-refractivity contribution in [2.45, 2.75) is 96.8 Å². The predicted molar refractivity (Wildman–Crippen MR) is 84.8 cm³/mol. The van der Waals surface area contributed by atoms with E-state index in [2.05, 4.69) is 26.0 Å². The smallest absolute Gasteiger partial charge is 0.0351 e. The van der Waals surface area contributed by atoms with Crippen LogP contribution in [0.5, 0.6) is 0 Å². The second-order valence-electron chi connectivity index (χ2n) is 5.44. The van der Waals surface area contributed by atoms with E-state index < -0.39 is 0 Å². The summed E-state index contributed by atoms with van der Waals surface area (Å²) in [6.45, 7) is 6.15. The standard InChI is InChI=1S/C18H35/c1-3-5-7-9-11-13-15-17-18-16-14-12-10-8-6-4-2/h12,14H,1,3-11,13,15-18H2,2H3/b14-12+. The molecule has 0 nitrogen and oxygen atoms in total. The number of hydrogen-bond donors (Lipinski definition) is 0. The monoisotopic (exact) mass is 251 g/mol. The Morgan fingerprint density at radius 2 is 1.06 bits per heavy atom. The number of rotatable bonds is 14. The summed E-state index contributed by atoms with van der Waals surface area (Å²) in [4.78, 5) is 0. The van der Waals surface area contributed by atoms with Gasteiger partial charge in [0.25, 0.3) is 0 Å². The van der Waals surface area contributed by atoms with E-state index in [0.29, 0.717) is 0 Å². The molecule has 0 aromatic carbocycles. The Hall–Kier alpha value is -0.260. The molecule has 0 aliphatic carbocycles. The topological polar surface area (TPSA) is 0 Å². The van der Waals surface area contributed by atoms with Crippen molar-refractivity contribution < 1.29 is 0 Å². The third-order valence-electron chi connectivity index (χ3n) is 3.51. The second-order valence-corrected chi connectivity index (χ2v) is 5.44. The fourth-order valence-electron chi connectivity index (χ4n) is 2.25. The minimum Gasteiger partial charge on any atom is -0.0885 e. The zero-order chi connectivity index (χ0) is 13.3. The van der Waals surface area contributed by atoms with Gasteiger partial charge in [0, 0.05) is 0 Å². The Bertz CT molecular complexity index is 157. The van der Waals surface area contributed by atoms with Crippen molar-refractivity contribution >= 4 is 0 Å². The van der Waals surface area contributed by atoms with Crippen molar-refractivity contribution in [2.24, 2.45) is 0 Å². The quantitative estimate of drug-likeness (QED) is 0.234. The third-order valence-corrected chi connectivity index (χ3v) is 3.51. The summed E-state index contributed by atoms with van der Waals surface area (Å²) < 4.78 is 0. The van der Waals surface area contributed by atoms with Crippen LogP contribution in [-0.2, 0) is 0 Å². The maximum Gasteiger partial charge on any atom is -0.0351 e. The summed E-state index contributed by atoms with van der Waals surface area (Å²) in [5, 5.41) is 0. The molecule has 0 rings (SSSR count). The molecular formula is C18H35. The maximum absolute atomic E-state index is 3.88. The van der Waals surface area contributed by atoms with Crippen LogP contribution in [0, 0.1) is 6.92 Å². The van der Waals surface area contributed by atoms with Crippen LogP contribution in [-0.4, -0.2) is 0 Å². The van der Waals surface area contributed by atoms with E-state index in [0.717, 1.165) is 6.42 Å². The van der Waals surface area contributed by atoms with Crippen LogP contribution >= 0.6 is 0 Å². The molecule has 0 heterocycles. The second kappa shape index (κ2) is 16.7. The van der Waals surface area contributed by atoms with Gasteiger partial charge in [-0.25, -0.2) is 0 Å². The van der Waals surface area contributed by atoms with E-state index in [1.807, 2.05) is 0 Å². The summed E-state index contributed by atoms with van der Waals surface area (Å²) in [6.07, 6.45) is 23.9. The van der Waals surface area contributed by atoms with E-state index in [9.17, 15) is 0 Å². The van der Waals surface area contributed by atoms with Crippen molar-refractivity contribution in [3.05, 3.63) is 19.1 Å². The van der Waals surface area contributed by atoms with Crippen LogP contribution in [0.2, 0.25) is 0 Å². The fourth-order valence-corrected chi connectivity index (χ4v) is 2.25. The van der Waals surface area contributed by atoms with Crippen LogP contribution in [0.4, 0.5) is 0 Å². The molecule has 0 fully saturated rings. The molecule has 0 saturated heterocycles. The molecule has 0 unspecified atom stereocenters. The van der Waals surface area contributed by atoms with Gasteiger partial charge in [-0.15, -0.1) is 0 Å². The highest BCUT2D eigenvalue weighted by molar-refractivity contribution is 4.81. The largest absolute Gasteiger partial charge is 0.0885 e. The molecule has 18 heavy (non-hydrogen) atoms. The molecule has 0 heteroatoms. The summed E-state index contributed by atoms with van der Waals surface area (Å²) in [6, 6.07) is 0. The summed E-state index contributed by atoms with van der Waals surface area (Å²) >= 11 is 0. The molecule has 0 bridgehead atoms. The van der Waals surface area contributed by atoms with Gasteiger partial charge in [-0.2, -0.15) is 0 Å². The Morgan fingerprint density at radius 1 is 0.611 bits per heavy atom. The predicted octanol–water partition coefficient (Wildman–Crippen LogP) is 6.86. The molecule has 0 amide bonds. The van der Waals surface area contributed by atoms with Crippen LogP contribution < -0.4 is 0 Å². The van der Waals surface area contributed by atoms with Crippen molar-refractivity contribution in [1.82, 2.24) is 0 Å². The fraction of sp³-hybridized carbons (Fsp3) is 0.833. The van der Waals surface area contributed by atoms with Gasteiger partial charge in [0.15, 0.2) is 0 Å². The Kier molecular flexibility index (Phi) is 16.5. The zero-order valence-corrected chi connectivity index (χ0v) is 12.8. The van der Waals surface area contributed by atoms with Gasteiger partial charge in [0.05, 0.1) is 0 Å². The molecule has 107 valence electrons. The number of hydrogen-bond acceptors (Lipinski definition) is 0. The molecule has 0 saturated carbocycles. The maximum atomic E-state index is 3.88. The SMILES string of the molecule is [CH2]CCCCCCCCCC/C=C/CCCCC. The van der Waals surface area contributed by atoms with Gasteiger partial charge in [0.1, 0.15) is 0 Å². The minimum atomic E-state index is 1.12. The molecule has 0 aromatic heterocycles. The highest BCUT2D eigenvalue weighted by atomic mass is 14.0. The summed E-state index contributed by atoms with van der Waals surface area (Å²) in [5.74, 6) is 0. The molecule has 0 aliphatic heterocycles. The molecule has 0 spiro atoms. The number of unbranched alkanes of at least 4 members (excludes halogenated alkanes) is 12. The first-order valence-electron chi connectivity index (χ1n) is 8.36. The first kappa shape index (κ1) is 17.7. The Balaban J connectivity index is 2.98. The first-order valence-corrected chi connectivity index (χ1v) is 8.36. The first-order chi connectivity index (χ1) is 8.91. The van der Waals surface area contributed by atoms with Crippen molar-refractivity contribution in [3.63, 3.8) is 0 Å². The molecule has 0 aromatic rings. The summed E-state index contributed by atoms with van der Waals surface area (Å²) in [5.41, 5.74) is 0. The minimum absolute atomic E-state index is 1.12. The van der Waals surface area contributed by atoms with Crippen LogP contribution in [0.3, 0.4) is 0 Å². The van der Waals surface area contributed by atoms with E-state index in [-0.39, 0.29) is 0 Å². The highest BCUT2D eigenvalue weighted by Gasteiger charge is 1.91. The number of allylic oxidation sites excluding steroid dienone is 2. The normalized spacial score (nSPS) is 11.4. The van der Waals surface area contributed by atoms with Gasteiger partial charge in [-0.3, -0.25) is 0 Å². The Labute approximate surface area is 116 Å².